The zero-order chi connectivity index (χ0) is 14.3. The van der Waals surface area contributed by atoms with Crippen LogP contribution in [0.5, 0.6) is 0 Å². The van der Waals surface area contributed by atoms with Crippen molar-refractivity contribution in [2.45, 2.75) is 6.10 Å². The average Bonchev–Trinajstić information content (AvgIpc) is 2.39. The quantitative estimate of drug-likeness (QED) is 0.719. The summed E-state index contributed by atoms with van der Waals surface area (Å²) >= 11 is 6.83. The SMILES string of the molecule is O=C(CSCC(O)CO)NC(=O)c1ccc(Cl)cc1. The largest absolute Gasteiger partial charge is 0.394 e. The number of hydrogen-bond acceptors (Lipinski definition) is 5. The fourth-order valence-electron chi connectivity index (χ4n) is 1.18. The maximum absolute atomic E-state index is 11.6. The molecule has 0 heterocycles. The van der Waals surface area contributed by atoms with Crippen molar-refractivity contribution < 1.29 is 19.8 Å². The Morgan fingerprint density at radius 1 is 1.32 bits per heavy atom. The van der Waals surface area contributed by atoms with Gasteiger partial charge in [0, 0.05) is 16.3 Å². The third-order valence-electron chi connectivity index (χ3n) is 2.11. The number of amides is 2. The van der Waals surface area contributed by atoms with Gasteiger partial charge in [0.05, 0.1) is 18.5 Å². The molecule has 0 aliphatic heterocycles. The molecule has 1 atom stereocenters. The molecule has 0 radical (unpaired) electrons. The normalized spacial score (nSPS) is 11.9. The molecule has 5 nitrogen and oxygen atoms in total. The number of hydrogen-bond donors (Lipinski definition) is 3. The Kier molecular flexibility index (Phi) is 6.86. The molecule has 1 rings (SSSR count). The Labute approximate surface area is 120 Å². The summed E-state index contributed by atoms with van der Waals surface area (Å²) in [5.41, 5.74) is 0.346. The Morgan fingerprint density at radius 2 is 1.95 bits per heavy atom. The Morgan fingerprint density at radius 3 is 2.53 bits per heavy atom. The van der Waals surface area contributed by atoms with Crippen molar-refractivity contribution in [1.82, 2.24) is 5.32 Å². The Bertz CT molecular complexity index is 438. The van der Waals surface area contributed by atoms with Crippen molar-refractivity contribution in [3.05, 3.63) is 34.9 Å². The predicted molar refractivity (Wildman–Crippen MR) is 74.3 cm³/mol. The first-order chi connectivity index (χ1) is 9.02. The molecule has 7 heteroatoms. The minimum absolute atomic E-state index is 0.0381. The van der Waals surface area contributed by atoms with Crippen LogP contribution >= 0.6 is 23.4 Å². The maximum Gasteiger partial charge on any atom is 0.257 e. The topological polar surface area (TPSA) is 86.6 Å². The fraction of sp³-hybridized carbons (Fsp3) is 0.333. The van der Waals surface area contributed by atoms with E-state index in [0.717, 1.165) is 11.8 Å². The molecular weight excluding hydrogens is 290 g/mol. The first-order valence-electron chi connectivity index (χ1n) is 5.49. The minimum Gasteiger partial charge on any atom is -0.394 e. The van der Waals surface area contributed by atoms with E-state index >= 15 is 0 Å². The molecule has 0 fully saturated rings. The fourth-order valence-corrected chi connectivity index (χ4v) is 2.06. The highest BCUT2D eigenvalue weighted by atomic mass is 35.5. The molecule has 2 amide bonds. The van der Waals surface area contributed by atoms with Crippen molar-refractivity contribution in [2.75, 3.05) is 18.1 Å². The molecule has 19 heavy (non-hydrogen) atoms. The summed E-state index contributed by atoms with van der Waals surface area (Å²) in [5.74, 6) is -0.671. The number of aliphatic hydroxyl groups is 2. The standard InChI is InChI=1S/C12H14ClNO4S/c13-9-3-1-8(2-4-9)12(18)14-11(17)7-19-6-10(16)5-15/h1-4,10,15-16H,5-7H2,(H,14,17,18). The van der Waals surface area contributed by atoms with Gasteiger partial charge in [-0.25, -0.2) is 0 Å². The van der Waals surface area contributed by atoms with Gasteiger partial charge in [0.25, 0.3) is 5.91 Å². The minimum atomic E-state index is -0.857. The van der Waals surface area contributed by atoms with Crippen LogP contribution < -0.4 is 5.32 Å². The smallest absolute Gasteiger partial charge is 0.257 e. The lowest BCUT2D eigenvalue weighted by molar-refractivity contribution is -0.117. The van der Waals surface area contributed by atoms with E-state index in [1.165, 1.54) is 12.1 Å². The number of nitrogens with one attached hydrogen (secondary N) is 1. The van der Waals surface area contributed by atoms with E-state index in [1.807, 2.05) is 0 Å². The van der Waals surface area contributed by atoms with Crippen molar-refractivity contribution in [3.8, 4) is 0 Å². The maximum atomic E-state index is 11.6. The van der Waals surface area contributed by atoms with E-state index in [1.54, 1.807) is 12.1 Å². The van der Waals surface area contributed by atoms with Crippen LogP contribution in [-0.4, -0.2) is 46.2 Å². The average molecular weight is 304 g/mol. The molecule has 0 bridgehead atoms. The molecule has 1 aromatic rings. The van der Waals surface area contributed by atoms with Gasteiger partial charge >= 0.3 is 0 Å². The summed E-state index contributed by atoms with van der Waals surface area (Å²) < 4.78 is 0. The van der Waals surface area contributed by atoms with Gasteiger partial charge in [0.15, 0.2) is 0 Å². The molecule has 0 saturated carbocycles. The van der Waals surface area contributed by atoms with Crippen molar-refractivity contribution in [2.24, 2.45) is 0 Å². The Balaban J connectivity index is 2.36. The zero-order valence-corrected chi connectivity index (χ0v) is 11.6. The second kappa shape index (κ2) is 8.16. The highest BCUT2D eigenvalue weighted by Gasteiger charge is 2.11. The van der Waals surface area contributed by atoms with Gasteiger partial charge in [-0.1, -0.05) is 11.6 Å². The van der Waals surface area contributed by atoms with Crippen LogP contribution in [0.1, 0.15) is 10.4 Å². The van der Waals surface area contributed by atoms with Crippen molar-refractivity contribution >= 4 is 35.2 Å². The second-order valence-electron chi connectivity index (χ2n) is 3.74. The molecule has 1 unspecified atom stereocenters. The van der Waals surface area contributed by atoms with E-state index in [2.05, 4.69) is 5.32 Å². The van der Waals surface area contributed by atoms with Crippen LogP contribution in [0.2, 0.25) is 5.02 Å². The van der Waals surface area contributed by atoms with E-state index in [-0.39, 0.29) is 18.1 Å². The van der Waals surface area contributed by atoms with Crippen LogP contribution in [0.25, 0.3) is 0 Å². The van der Waals surface area contributed by atoms with Gasteiger partial charge < -0.3 is 10.2 Å². The van der Waals surface area contributed by atoms with Crippen LogP contribution in [0, 0.1) is 0 Å². The van der Waals surface area contributed by atoms with Crippen molar-refractivity contribution in [1.29, 1.82) is 0 Å². The zero-order valence-electron chi connectivity index (χ0n) is 10.0. The summed E-state index contributed by atoms with van der Waals surface area (Å²) in [7, 11) is 0. The second-order valence-corrected chi connectivity index (χ2v) is 5.20. The van der Waals surface area contributed by atoms with Crippen LogP contribution in [-0.2, 0) is 4.79 Å². The molecule has 1 aromatic carbocycles. The number of halogens is 1. The molecule has 0 aliphatic rings. The summed E-state index contributed by atoms with van der Waals surface area (Å²) in [6.07, 6.45) is -0.857. The summed E-state index contributed by atoms with van der Waals surface area (Å²) in [5, 5.41) is 20.4. The lowest BCUT2D eigenvalue weighted by Gasteiger charge is -2.07. The van der Waals surface area contributed by atoms with Gasteiger partial charge in [0.2, 0.25) is 5.91 Å². The number of thioether (sulfide) groups is 1. The molecule has 0 saturated heterocycles. The number of rotatable bonds is 6. The number of benzene rings is 1. The van der Waals surface area contributed by atoms with E-state index < -0.39 is 17.9 Å². The predicted octanol–water partition coefficient (Wildman–Crippen LogP) is 0.683. The monoisotopic (exact) mass is 303 g/mol. The first kappa shape index (κ1) is 16.0. The molecule has 0 aliphatic carbocycles. The number of carbonyl (C=O) groups is 2. The molecule has 0 aromatic heterocycles. The third kappa shape index (κ3) is 6.07. The van der Waals surface area contributed by atoms with Gasteiger partial charge in [-0.15, -0.1) is 11.8 Å². The van der Waals surface area contributed by atoms with Gasteiger partial charge in [-0.05, 0) is 24.3 Å². The van der Waals surface area contributed by atoms with E-state index in [0.29, 0.717) is 10.6 Å². The summed E-state index contributed by atoms with van der Waals surface area (Å²) in [6, 6.07) is 6.17. The lowest BCUT2D eigenvalue weighted by Crippen LogP contribution is -2.32. The molecule has 104 valence electrons. The van der Waals surface area contributed by atoms with Crippen LogP contribution in [0.4, 0.5) is 0 Å². The van der Waals surface area contributed by atoms with E-state index in [4.69, 9.17) is 21.8 Å². The van der Waals surface area contributed by atoms with Gasteiger partial charge in [-0.3, -0.25) is 14.9 Å². The lowest BCUT2D eigenvalue weighted by atomic mass is 10.2. The van der Waals surface area contributed by atoms with Crippen molar-refractivity contribution in [3.63, 3.8) is 0 Å². The highest BCUT2D eigenvalue weighted by molar-refractivity contribution is 7.99. The highest BCUT2D eigenvalue weighted by Crippen LogP contribution is 2.09. The molecule has 0 spiro atoms. The Hall–Kier alpha value is -1.08. The van der Waals surface area contributed by atoms with Gasteiger partial charge in [0.1, 0.15) is 0 Å². The number of aliphatic hydroxyl groups excluding tert-OH is 2. The molecule has 3 N–H and O–H groups in total. The van der Waals surface area contributed by atoms with Crippen LogP contribution in [0.15, 0.2) is 24.3 Å². The molecular formula is C12H14ClNO4S. The summed E-state index contributed by atoms with van der Waals surface area (Å²) in [4.78, 5) is 23.1. The van der Waals surface area contributed by atoms with E-state index in [9.17, 15) is 9.59 Å². The van der Waals surface area contributed by atoms with Gasteiger partial charge in [-0.2, -0.15) is 0 Å². The first-order valence-corrected chi connectivity index (χ1v) is 7.02. The summed E-state index contributed by atoms with van der Waals surface area (Å²) in [6.45, 7) is -0.349. The number of carbonyl (C=O) groups excluding carboxylic acids is 2. The van der Waals surface area contributed by atoms with Crippen LogP contribution in [0.3, 0.4) is 0 Å². The third-order valence-corrected chi connectivity index (χ3v) is 3.45. The number of imide groups is 1.